The summed E-state index contributed by atoms with van der Waals surface area (Å²) in [5.74, 6) is -7.37. The number of carboxylic acids is 6. The van der Waals surface area contributed by atoms with E-state index in [1.165, 1.54) is 72.8 Å². The van der Waals surface area contributed by atoms with Crippen molar-refractivity contribution in [3.8, 4) is 0 Å². The zero-order valence-electron chi connectivity index (χ0n) is 19.2. The van der Waals surface area contributed by atoms with Crippen molar-refractivity contribution < 1.29 is 111 Å². The van der Waals surface area contributed by atoms with Crippen molar-refractivity contribution in [3.63, 3.8) is 0 Å². The van der Waals surface area contributed by atoms with E-state index in [0.29, 0.717) is 0 Å². The van der Waals surface area contributed by atoms with E-state index >= 15 is 0 Å². The van der Waals surface area contributed by atoms with E-state index < -0.39 is 35.8 Å². The van der Waals surface area contributed by atoms with Crippen LogP contribution in [0.15, 0.2) is 72.8 Å². The van der Waals surface area contributed by atoms with Gasteiger partial charge in [-0.25, -0.2) is 28.8 Å². The van der Waals surface area contributed by atoms with E-state index in [9.17, 15) is 28.8 Å². The SMILES string of the molecule is O=C(O)c1ccccc1C(=O)O.O=C(O)c1ccccc1C(=O)O.O=C(O)c1ccccc1C(=O)O.[Sc].[Sc]. The number of benzene rings is 3. The van der Waals surface area contributed by atoms with Gasteiger partial charge >= 0.3 is 35.8 Å². The first kappa shape index (κ1) is 36.4. The average molecular weight is 588 g/mol. The molecular weight excluding hydrogens is 570 g/mol. The van der Waals surface area contributed by atoms with Crippen molar-refractivity contribution in [2.45, 2.75) is 0 Å². The van der Waals surface area contributed by atoms with E-state index in [-0.39, 0.29) is 85.1 Å². The van der Waals surface area contributed by atoms with Crippen LogP contribution in [0.25, 0.3) is 0 Å². The number of hydrogen-bond donors (Lipinski definition) is 6. The summed E-state index contributed by atoms with van der Waals surface area (Å²) in [6, 6.07) is 16.4. The van der Waals surface area contributed by atoms with Crippen LogP contribution in [0, 0.1) is 0 Å². The number of carboxylic acid groups (broad SMARTS) is 6. The molecule has 0 aliphatic heterocycles. The number of carbonyl (C=O) groups is 6. The maximum atomic E-state index is 10.5. The third kappa shape index (κ3) is 11.1. The van der Waals surface area contributed by atoms with Gasteiger partial charge in [0.15, 0.2) is 0 Å². The van der Waals surface area contributed by atoms with Crippen LogP contribution in [-0.4, -0.2) is 66.5 Å². The Morgan fingerprint density at radius 1 is 0.316 bits per heavy atom. The maximum absolute atomic E-state index is 10.5. The fourth-order valence-corrected chi connectivity index (χ4v) is 2.57. The van der Waals surface area contributed by atoms with Crippen LogP contribution in [0.4, 0.5) is 0 Å². The molecule has 12 nitrogen and oxygen atoms in total. The van der Waals surface area contributed by atoms with Gasteiger partial charge in [-0.3, -0.25) is 0 Å². The Morgan fingerprint density at radius 3 is 0.500 bits per heavy atom. The molecule has 3 aromatic rings. The van der Waals surface area contributed by atoms with E-state index in [1.807, 2.05) is 0 Å². The molecule has 0 saturated heterocycles. The summed E-state index contributed by atoms with van der Waals surface area (Å²) < 4.78 is 0. The van der Waals surface area contributed by atoms with E-state index in [0.717, 1.165) is 0 Å². The first-order valence-electron chi connectivity index (χ1n) is 9.55. The quantitative estimate of drug-likeness (QED) is 0.244. The Bertz CT molecular complexity index is 1060. The number of hydrogen-bond acceptors (Lipinski definition) is 6. The Morgan fingerprint density at radius 2 is 0.421 bits per heavy atom. The van der Waals surface area contributed by atoms with Crippen molar-refractivity contribution >= 4 is 35.8 Å². The first-order chi connectivity index (χ1) is 16.9. The van der Waals surface area contributed by atoms with Crippen LogP contribution in [0.5, 0.6) is 0 Å². The van der Waals surface area contributed by atoms with Gasteiger partial charge in [0.25, 0.3) is 0 Å². The molecule has 0 aromatic heterocycles. The molecule has 6 N–H and O–H groups in total. The second-order valence-electron chi connectivity index (χ2n) is 6.47. The van der Waals surface area contributed by atoms with Crippen molar-refractivity contribution in [1.29, 1.82) is 0 Å². The van der Waals surface area contributed by atoms with Crippen molar-refractivity contribution in [3.05, 3.63) is 106 Å². The molecule has 0 fully saturated rings. The summed E-state index contributed by atoms with van der Waals surface area (Å²) in [5, 5.41) is 51.3. The van der Waals surface area contributed by atoms with Gasteiger partial charge in [-0.05, 0) is 36.4 Å². The smallest absolute Gasteiger partial charge is 0.336 e. The topological polar surface area (TPSA) is 224 Å². The minimum Gasteiger partial charge on any atom is -0.478 e. The molecule has 0 amide bonds. The summed E-state index contributed by atoms with van der Waals surface area (Å²) >= 11 is 0. The summed E-state index contributed by atoms with van der Waals surface area (Å²) in [6.07, 6.45) is 0. The largest absolute Gasteiger partial charge is 0.478 e. The van der Waals surface area contributed by atoms with Crippen molar-refractivity contribution in [2.24, 2.45) is 0 Å². The van der Waals surface area contributed by atoms with Gasteiger partial charge in [-0.1, -0.05) is 36.4 Å². The average Bonchev–Trinajstić information content (AvgIpc) is 2.84. The van der Waals surface area contributed by atoms with Crippen LogP contribution in [0.3, 0.4) is 0 Å². The molecule has 0 bridgehead atoms. The minimum absolute atomic E-state index is 0. The second-order valence-corrected chi connectivity index (χ2v) is 6.47. The summed E-state index contributed by atoms with van der Waals surface area (Å²) in [7, 11) is 0. The predicted molar refractivity (Wildman–Crippen MR) is 121 cm³/mol. The fourth-order valence-electron chi connectivity index (χ4n) is 2.57. The van der Waals surface area contributed by atoms with Gasteiger partial charge in [-0.15, -0.1) is 0 Å². The van der Waals surface area contributed by atoms with Gasteiger partial charge < -0.3 is 30.6 Å². The molecule has 0 atom stereocenters. The normalized spacial score (nSPS) is 8.84. The van der Waals surface area contributed by atoms with E-state index in [2.05, 4.69) is 0 Å². The number of aromatic carboxylic acids is 6. The number of rotatable bonds is 6. The molecule has 0 spiro atoms. The Labute approximate surface area is 251 Å². The van der Waals surface area contributed by atoms with Crippen LogP contribution in [-0.2, 0) is 51.7 Å². The molecule has 2 radical (unpaired) electrons. The maximum Gasteiger partial charge on any atom is 0.336 e. The third-order valence-corrected chi connectivity index (χ3v) is 4.16. The molecule has 38 heavy (non-hydrogen) atoms. The Kier molecular flexibility index (Phi) is 16.9. The van der Waals surface area contributed by atoms with Crippen molar-refractivity contribution in [1.82, 2.24) is 0 Å². The molecule has 3 aromatic carbocycles. The zero-order chi connectivity index (χ0) is 27.4. The van der Waals surface area contributed by atoms with Gasteiger partial charge in [0, 0.05) is 51.7 Å². The standard InChI is InChI=1S/3C8H6O4.2Sc/c3*9-7(10)5-3-1-2-4-6(5)8(11)12;;/h3*1-4H,(H,9,10)(H,11,12);;. The third-order valence-electron chi connectivity index (χ3n) is 4.16. The summed E-state index contributed by atoms with van der Waals surface area (Å²) in [5.41, 5.74) is -1.14. The molecule has 0 aliphatic carbocycles. The summed E-state index contributed by atoms with van der Waals surface area (Å²) in [6.45, 7) is 0. The molecule has 0 heterocycles. The first-order valence-corrected chi connectivity index (χ1v) is 9.55. The van der Waals surface area contributed by atoms with E-state index in [1.54, 1.807) is 0 Å². The van der Waals surface area contributed by atoms with Gasteiger partial charge in [0.1, 0.15) is 0 Å². The van der Waals surface area contributed by atoms with E-state index in [4.69, 9.17) is 30.6 Å². The predicted octanol–water partition coefficient (Wildman–Crippen LogP) is 3.24. The summed E-state index contributed by atoms with van der Waals surface area (Å²) in [4.78, 5) is 62.8. The van der Waals surface area contributed by atoms with Crippen LogP contribution >= 0.6 is 0 Å². The van der Waals surface area contributed by atoms with Gasteiger partial charge in [-0.2, -0.15) is 0 Å². The van der Waals surface area contributed by atoms with Gasteiger partial charge in [0.05, 0.1) is 33.4 Å². The minimum atomic E-state index is -1.23. The van der Waals surface area contributed by atoms with Crippen molar-refractivity contribution in [2.75, 3.05) is 0 Å². The van der Waals surface area contributed by atoms with Crippen LogP contribution in [0.2, 0.25) is 0 Å². The monoisotopic (exact) mass is 588 g/mol. The molecule has 0 saturated carbocycles. The Balaban J connectivity index is 0. The molecule has 3 rings (SSSR count). The molecular formula is C24H18O12Sc2. The Hall–Kier alpha value is -3.78. The molecule has 14 heteroatoms. The van der Waals surface area contributed by atoms with Gasteiger partial charge in [0.2, 0.25) is 0 Å². The fraction of sp³-hybridized carbons (Fsp3) is 0. The molecule has 192 valence electrons. The zero-order valence-corrected chi connectivity index (χ0v) is 22.8. The molecule has 0 unspecified atom stereocenters. The molecule has 0 aliphatic rings. The van der Waals surface area contributed by atoms with Crippen LogP contribution in [0.1, 0.15) is 62.1 Å². The van der Waals surface area contributed by atoms with Crippen LogP contribution < -0.4 is 0 Å². The second kappa shape index (κ2) is 17.6.